The van der Waals surface area contributed by atoms with Gasteiger partial charge in [-0.1, -0.05) is 43.4 Å². The minimum atomic E-state index is -0.138. The van der Waals surface area contributed by atoms with Gasteiger partial charge in [-0.3, -0.25) is 9.69 Å². The van der Waals surface area contributed by atoms with Crippen LogP contribution >= 0.6 is 0 Å². The van der Waals surface area contributed by atoms with E-state index in [2.05, 4.69) is 57.9 Å². The monoisotopic (exact) mass is 528 g/mol. The lowest BCUT2D eigenvalue weighted by molar-refractivity contribution is 0.0225. The first-order chi connectivity index (χ1) is 19.0. The number of nitrogens with one attached hydrogen (secondary N) is 2. The highest BCUT2D eigenvalue weighted by Gasteiger charge is 2.23. The molecule has 0 radical (unpaired) electrons. The molecule has 9 nitrogen and oxygen atoms in total. The topological polar surface area (TPSA) is 104 Å². The van der Waals surface area contributed by atoms with Gasteiger partial charge in [-0.25, -0.2) is 4.52 Å². The number of allylic oxidation sites excluding steroid dienone is 3. The molecule has 2 aromatic rings. The number of morpholine rings is 1. The Labute approximate surface area is 229 Å². The van der Waals surface area contributed by atoms with Gasteiger partial charge < -0.3 is 20.1 Å². The minimum Gasteiger partial charge on any atom is -0.379 e. The second kappa shape index (κ2) is 12.4. The summed E-state index contributed by atoms with van der Waals surface area (Å²) in [6.45, 7) is 8.96. The van der Waals surface area contributed by atoms with E-state index in [-0.39, 0.29) is 24.0 Å². The number of ether oxygens (including phenoxy) is 2. The van der Waals surface area contributed by atoms with E-state index in [4.69, 9.17) is 9.47 Å². The summed E-state index contributed by atoms with van der Waals surface area (Å²) in [7, 11) is 0. The third kappa shape index (κ3) is 6.31. The van der Waals surface area contributed by atoms with Gasteiger partial charge in [0.15, 0.2) is 0 Å². The molecular formula is C30H36N6O3. The van der Waals surface area contributed by atoms with Crippen LogP contribution in [0.5, 0.6) is 0 Å². The number of amides is 1. The van der Waals surface area contributed by atoms with Gasteiger partial charge in [-0.2, -0.15) is 10.4 Å². The molecule has 3 atom stereocenters. The van der Waals surface area contributed by atoms with Crippen molar-refractivity contribution in [2.75, 3.05) is 44.7 Å². The van der Waals surface area contributed by atoms with Crippen LogP contribution in [0.2, 0.25) is 0 Å². The molecule has 2 N–H and O–H groups in total. The number of rotatable bonds is 9. The number of fused-ring (bicyclic) bond motifs is 1. The zero-order valence-corrected chi connectivity index (χ0v) is 22.6. The first-order valence-electron chi connectivity index (χ1n) is 13.7. The summed E-state index contributed by atoms with van der Waals surface area (Å²) in [5.74, 6) is 0.00770. The summed E-state index contributed by atoms with van der Waals surface area (Å²) >= 11 is 0. The Kier molecular flexibility index (Phi) is 8.57. The highest BCUT2D eigenvalue weighted by atomic mass is 16.5. The van der Waals surface area contributed by atoms with E-state index >= 15 is 0 Å². The Hall–Kier alpha value is -3.71. The molecule has 0 saturated carbocycles. The second-order valence-electron chi connectivity index (χ2n) is 10.2. The number of anilines is 1. The van der Waals surface area contributed by atoms with E-state index in [0.29, 0.717) is 28.9 Å². The van der Waals surface area contributed by atoms with Crippen LogP contribution in [0, 0.1) is 24.2 Å². The average Bonchev–Trinajstić information content (AvgIpc) is 3.30. The Bertz CT molecular complexity index is 1360. The van der Waals surface area contributed by atoms with Crippen molar-refractivity contribution in [1.82, 2.24) is 19.8 Å². The summed E-state index contributed by atoms with van der Waals surface area (Å²) in [5, 5.41) is 20.7. The first kappa shape index (κ1) is 26.9. The lowest BCUT2D eigenvalue weighted by Gasteiger charge is -2.27. The molecule has 2 aliphatic carbocycles. The number of nitrogens with zero attached hydrogens (tertiary/aromatic N) is 4. The molecule has 1 amide bonds. The van der Waals surface area contributed by atoms with Gasteiger partial charge in [0.2, 0.25) is 0 Å². The molecule has 3 aliphatic rings. The van der Waals surface area contributed by atoms with E-state index in [1.807, 2.05) is 25.2 Å². The van der Waals surface area contributed by atoms with Crippen molar-refractivity contribution in [2.24, 2.45) is 5.92 Å². The predicted molar refractivity (Wildman–Crippen MR) is 150 cm³/mol. The van der Waals surface area contributed by atoms with E-state index in [1.54, 1.807) is 10.7 Å². The molecule has 9 heteroatoms. The van der Waals surface area contributed by atoms with Crippen LogP contribution in [0.3, 0.4) is 0 Å². The third-order valence-corrected chi connectivity index (χ3v) is 7.43. The quantitative estimate of drug-likeness (QED) is 0.478. The molecule has 3 unspecified atom stereocenters. The number of nitriles is 1. The first-order valence-corrected chi connectivity index (χ1v) is 13.7. The summed E-state index contributed by atoms with van der Waals surface area (Å²) in [5.41, 5.74) is 3.98. The average molecular weight is 529 g/mol. The molecule has 0 aromatic carbocycles. The summed E-state index contributed by atoms with van der Waals surface area (Å²) in [4.78, 5) is 15.4. The molecule has 39 heavy (non-hydrogen) atoms. The molecule has 1 aliphatic heterocycles. The van der Waals surface area contributed by atoms with Gasteiger partial charge in [-0.05, 0) is 37.9 Å². The van der Waals surface area contributed by atoms with Crippen molar-refractivity contribution in [3.8, 4) is 6.07 Å². The van der Waals surface area contributed by atoms with Gasteiger partial charge in [-0.15, -0.1) is 0 Å². The fourth-order valence-electron chi connectivity index (χ4n) is 5.22. The molecule has 204 valence electrons. The lowest BCUT2D eigenvalue weighted by Crippen LogP contribution is -2.38. The van der Waals surface area contributed by atoms with Crippen LogP contribution in [0.4, 0.5) is 5.69 Å². The Balaban J connectivity index is 1.28. The summed E-state index contributed by atoms with van der Waals surface area (Å²) in [6, 6.07) is 2.25. The van der Waals surface area contributed by atoms with Crippen molar-refractivity contribution in [1.29, 1.82) is 5.26 Å². The van der Waals surface area contributed by atoms with E-state index < -0.39 is 0 Å². The smallest absolute Gasteiger partial charge is 0.253 e. The van der Waals surface area contributed by atoms with Crippen molar-refractivity contribution < 1.29 is 14.3 Å². The van der Waals surface area contributed by atoms with Crippen LogP contribution < -0.4 is 10.6 Å². The largest absolute Gasteiger partial charge is 0.379 e. The number of hydrogen-bond donors (Lipinski definition) is 2. The molecule has 2 aromatic heterocycles. The van der Waals surface area contributed by atoms with Crippen LogP contribution in [-0.2, 0) is 9.47 Å². The molecule has 0 spiro atoms. The zero-order chi connectivity index (χ0) is 27.2. The number of carbonyl (C=O) groups excluding carboxylic acids is 1. The lowest BCUT2D eigenvalue weighted by atomic mass is 9.97. The van der Waals surface area contributed by atoms with Gasteiger partial charge in [0, 0.05) is 37.4 Å². The molecular weight excluding hydrogens is 492 g/mol. The van der Waals surface area contributed by atoms with Crippen molar-refractivity contribution in [3.05, 3.63) is 77.3 Å². The maximum atomic E-state index is 13.1. The van der Waals surface area contributed by atoms with E-state index in [1.165, 1.54) is 6.20 Å². The Morgan fingerprint density at radius 3 is 2.87 bits per heavy atom. The van der Waals surface area contributed by atoms with Crippen molar-refractivity contribution in [3.63, 3.8) is 0 Å². The zero-order valence-electron chi connectivity index (χ0n) is 22.6. The van der Waals surface area contributed by atoms with Crippen LogP contribution in [0.1, 0.15) is 41.3 Å². The van der Waals surface area contributed by atoms with E-state index in [9.17, 15) is 10.1 Å². The van der Waals surface area contributed by atoms with Crippen molar-refractivity contribution >= 4 is 17.1 Å². The second-order valence-corrected chi connectivity index (χ2v) is 10.2. The van der Waals surface area contributed by atoms with Gasteiger partial charge in [0.25, 0.3) is 5.91 Å². The number of hydrogen-bond acceptors (Lipinski definition) is 7. The highest BCUT2D eigenvalue weighted by Crippen LogP contribution is 2.31. The highest BCUT2D eigenvalue weighted by molar-refractivity contribution is 5.99. The molecule has 5 rings (SSSR count). The van der Waals surface area contributed by atoms with Gasteiger partial charge in [0.1, 0.15) is 6.07 Å². The van der Waals surface area contributed by atoms with Gasteiger partial charge >= 0.3 is 0 Å². The van der Waals surface area contributed by atoms with Crippen LogP contribution in [0.15, 0.2) is 60.6 Å². The molecule has 3 heterocycles. The van der Waals surface area contributed by atoms with Crippen LogP contribution in [-0.4, -0.2) is 72.0 Å². The summed E-state index contributed by atoms with van der Waals surface area (Å²) < 4.78 is 13.3. The molecule has 1 saturated heterocycles. The van der Waals surface area contributed by atoms with E-state index in [0.717, 1.165) is 57.0 Å². The predicted octanol–water partition coefficient (Wildman–Crippen LogP) is 3.74. The molecule has 1 fully saturated rings. The number of aryl methyl sites for hydroxylation is 1. The Morgan fingerprint density at radius 2 is 2.13 bits per heavy atom. The standard InChI is InChI=1S/C30H36N6O3/c1-21-17-24(9-10-27(21)39-25-7-4-3-5-8-25)34-28-23(18-31)19-33-36-20-26(22(2)29(28)36)30(37)32-11-6-12-35-13-15-38-16-14-35/h3-5,7,9-10,17,19-21,25,27,34H,6,8,11-16H2,1-2H3,(H,32,37). The SMILES string of the molecule is Cc1c(C(=O)NCCCN2CCOCC2)cn2ncc(C#N)c(NC3=CC(C)C(OC4C=CC=CC4)C=C3)c12. The maximum Gasteiger partial charge on any atom is 0.253 e. The van der Waals surface area contributed by atoms with Crippen molar-refractivity contribution in [2.45, 2.75) is 38.9 Å². The number of aromatic nitrogens is 2. The third-order valence-electron chi connectivity index (χ3n) is 7.43. The summed E-state index contributed by atoms with van der Waals surface area (Å²) in [6.07, 6.45) is 19.5. The van der Waals surface area contributed by atoms with Crippen LogP contribution in [0.25, 0.3) is 5.52 Å². The van der Waals surface area contributed by atoms with Gasteiger partial charge in [0.05, 0.1) is 53.9 Å². The fourth-order valence-corrected chi connectivity index (χ4v) is 5.22. The Morgan fingerprint density at radius 1 is 1.28 bits per heavy atom. The minimum absolute atomic E-state index is 0.0295. The fraction of sp³-hybridized carbons (Fsp3) is 0.433. The molecule has 0 bridgehead atoms. The number of carbonyl (C=O) groups is 1. The maximum absolute atomic E-state index is 13.1. The normalized spacial score (nSPS) is 23.0.